The number of hydrogen-bond donors (Lipinski definition) is 4. The fourth-order valence-corrected chi connectivity index (χ4v) is 2.59. The van der Waals surface area contributed by atoms with Gasteiger partial charge in [-0.1, -0.05) is 26.8 Å². The number of hydrogen-bond acceptors (Lipinski definition) is 5. The average Bonchev–Trinajstić information content (AvgIpc) is 2.88. The number of nitrogens with one attached hydrogen (secondary N) is 1. The molecule has 0 saturated heterocycles. The van der Waals surface area contributed by atoms with E-state index in [1.165, 1.54) is 11.1 Å². The van der Waals surface area contributed by atoms with Crippen molar-refractivity contribution < 1.29 is 22.6 Å². The maximum Gasteiger partial charge on any atom is 0.394 e. The zero-order valence-corrected chi connectivity index (χ0v) is 15.5. The van der Waals surface area contributed by atoms with Gasteiger partial charge in [-0.25, -0.2) is 0 Å². The van der Waals surface area contributed by atoms with E-state index in [2.05, 4.69) is 44.1 Å². The molecule has 1 aliphatic rings. The zero-order valence-electron chi connectivity index (χ0n) is 14.7. The molecular formula is C16H26N2O5S. The first kappa shape index (κ1) is 20.4. The number of benzene rings is 1. The predicted octanol–water partition coefficient (Wildman–Crippen LogP) is 2.20. The summed E-state index contributed by atoms with van der Waals surface area (Å²) in [5, 5.41) is 13.7. The summed E-state index contributed by atoms with van der Waals surface area (Å²) >= 11 is 0. The average molecular weight is 358 g/mol. The van der Waals surface area contributed by atoms with Crippen LogP contribution < -0.4 is 5.32 Å². The summed E-state index contributed by atoms with van der Waals surface area (Å²) in [5.41, 5.74) is 4.39. The van der Waals surface area contributed by atoms with Crippen molar-refractivity contribution in [2.45, 2.75) is 46.5 Å². The van der Waals surface area contributed by atoms with Gasteiger partial charge in [0.2, 0.25) is 0 Å². The Balaban J connectivity index is 0.000000505. The van der Waals surface area contributed by atoms with Gasteiger partial charge in [-0.05, 0) is 41.5 Å². The number of aryl methyl sites for hydroxylation is 1. The van der Waals surface area contributed by atoms with Crippen molar-refractivity contribution in [1.29, 1.82) is 0 Å². The molecule has 0 atom stereocenters. The lowest BCUT2D eigenvalue weighted by atomic mass is 9.82. The Bertz CT molecular complexity index is 726. The van der Waals surface area contributed by atoms with E-state index < -0.39 is 10.4 Å². The van der Waals surface area contributed by atoms with Crippen molar-refractivity contribution in [2.75, 3.05) is 13.1 Å². The number of aliphatic imine (C=N–C) groups is 1. The second-order valence-corrected chi connectivity index (χ2v) is 7.72. The second kappa shape index (κ2) is 7.50. The smallest absolute Gasteiger partial charge is 0.394 e. The standard InChI is InChI=1S/C16H24N2O.H2O4S/c1-10-8-13(16(3,4)5)15(19)11(2)12(10)9-14-17-6-7-18-14;1-5(2,3)4/h8,19H,6-7,9H2,1-5H3,(H,17,18);(H2,1,2,3,4). The van der Waals surface area contributed by atoms with Crippen LogP contribution in [0, 0.1) is 13.8 Å². The van der Waals surface area contributed by atoms with Crippen molar-refractivity contribution in [2.24, 2.45) is 4.99 Å². The molecule has 0 saturated carbocycles. The van der Waals surface area contributed by atoms with Gasteiger partial charge in [0.05, 0.1) is 6.54 Å². The number of amidine groups is 1. The van der Waals surface area contributed by atoms with Crippen LogP contribution in [0.2, 0.25) is 0 Å². The van der Waals surface area contributed by atoms with Crippen molar-refractivity contribution in [3.63, 3.8) is 0 Å². The Labute approximate surface area is 143 Å². The highest BCUT2D eigenvalue weighted by atomic mass is 32.3. The summed E-state index contributed by atoms with van der Waals surface area (Å²) < 4.78 is 31.6. The summed E-state index contributed by atoms with van der Waals surface area (Å²) in [7, 11) is -4.67. The molecule has 1 aliphatic heterocycles. The molecule has 0 radical (unpaired) electrons. The van der Waals surface area contributed by atoms with E-state index in [4.69, 9.17) is 17.5 Å². The normalized spacial score (nSPS) is 14.5. The minimum Gasteiger partial charge on any atom is -0.507 e. The third kappa shape index (κ3) is 6.10. The van der Waals surface area contributed by atoms with Crippen LogP contribution in [0.25, 0.3) is 0 Å². The minimum absolute atomic E-state index is 0.0404. The van der Waals surface area contributed by atoms with Crippen LogP contribution in [0.5, 0.6) is 5.75 Å². The molecule has 0 amide bonds. The molecule has 136 valence electrons. The van der Waals surface area contributed by atoms with Gasteiger partial charge >= 0.3 is 10.4 Å². The number of rotatable bonds is 2. The highest BCUT2D eigenvalue weighted by molar-refractivity contribution is 7.79. The minimum atomic E-state index is -4.67. The monoisotopic (exact) mass is 358 g/mol. The fraction of sp³-hybridized carbons (Fsp3) is 0.562. The third-order valence-corrected chi connectivity index (χ3v) is 3.80. The van der Waals surface area contributed by atoms with Crippen LogP contribution >= 0.6 is 0 Å². The molecule has 1 heterocycles. The SMILES string of the molecule is Cc1cc(C(C)(C)C)c(O)c(C)c1CC1=NCCN1.O=S(=O)(O)O. The summed E-state index contributed by atoms with van der Waals surface area (Å²) in [5.74, 6) is 1.47. The van der Waals surface area contributed by atoms with E-state index in [0.717, 1.165) is 36.5 Å². The van der Waals surface area contributed by atoms with Gasteiger partial charge in [-0.2, -0.15) is 8.42 Å². The van der Waals surface area contributed by atoms with Gasteiger partial charge in [0.15, 0.2) is 0 Å². The van der Waals surface area contributed by atoms with Crippen LogP contribution in [-0.2, 0) is 22.2 Å². The number of phenols is 1. The van der Waals surface area contributed by atoms with Crippen LogP contribution in [-0.4, -0.2) is 41.6 Å². The molecular weight excluding hydrogens is 332 g/mol. The molecule has 1 aromatic carbocycles. The number of nitrogens with zero attached hydrogens (tertiary/aromatic N) is 1. The lowest BCUT2D eigenvalue weighted by molar-refractivity contribution is 0.381. The zero-order chi connectivity index (χ0) is 18.7. The molecule has 0 unspecified atom stereocenters. The maximum atomic E-state index is 10.5. The molecule has 0 aliphatic carbocycles. The molecule has 0 spiro atoms. The lowest BCUT2D eigenvalue weighted by Crippen LogP contribution is -2.22. The Kier molecular flexibility index (Phi) is 6.38. The predicted molar refractivity (Wildman–Crippen MR) is 94.5 cm³/mol. The van der Waals surface area contributed by atoms with Gasteiger partial charge < -0.3 is 10.4 Å². The van der Waals surface area contributed by atoms with Gasteiger partial charge in [0.25, 0.3) is 0 Å². The molecule has 0 bridgehead atoms. The van der Waals surface area contributed by atoms with E-state index in [1.54, 1.807) is 0 Å². The van der Waals surface area contributed by atoms with Crippen molar-refractivity contribution in [3.8, 4) is 5.75 Å². The first-order valence-electron chi connectivity index (χ1n) is 7.60. The molecule has 8 heteroatoms. The molecule has 7 nitrogen and oxygen atoms in total. The molecule has 2 rings (SSSR count). The van der Waals surface area contributed by atoms with E-state index in [1.807, 2.05) is 6.92 Å². The molecule has 24 heavy (non-hydrogen) atoms. The molecule has 4 N–H and O–H groups in total. The largest absolute Gasteiger partial charge is 0.507 e. The maximum absolute atomic E-state index is 10.5. The van der Waals surface area contributed by atoms with Gasteiger partial charge in [-0.3, -0.25) is 14.1 Å². The van der Waals surface area contributed by atoms with Crippen LogP contribution in [0.4, 0.5) is 0 Å². The van der Waals surface area contributed by atoms with Crippen LogP contribution in [0.1, 0.15) is 43.0 Å². The highest BCUT2D eigenvalue weighted by Crippen LogP contribution is 2.36. The van der Waals surface area contributed by atoms with E-state index in [0.29, 0.717) is 5.75 Å². The Hall–Kier alpha value is -1.64. The van der Waals surface area contributed by atoms with Gasteiger partial charge in [0.1, 0.15) is 11.6 Å². The molecule has 1 aromatic rings. The van der Waals surface area contributed by atoms with Crippen molar-refractivity contribution in [1.82, 2.24) is 5.32 Å². The quantitative estimate of drug-likeness (QED) is 0.602. The topological polar surface area (TPSA) is 119 Å². The Morgan fingerprint density at radius 1 is 1.25 bits per heavy atom. The van der Waals surface area contributed by atoms with Crippen LogP contribution in [0.15, 0.2) is 11.1 Å². The summed E-state index contributed by atoms with van der Waals surface area (Å²) in [6.45, 7) is 12.3. The third-order valence-electron chi connectivity index (χ3n) is 3.80. The highest BCUT2D eigenvalue weighted by Gasteiger charge is 2.22. The van der Waals surface area contributed by atoms with Crippen molar-refractivity contribution in [3.05, 3.63) is 28.3 Å². The summed E-state index contributed by atoms with van der Waals surface area (Å²) in [6.07, 6.45) is 0.787. The van der Waals surface area contributed by atoms with Gasteiger partial charge in [-0.15, -0.1) is 0 Å². The Morgan fingerprint density at radius 2 is 1.79 bits per heavy atom. The molecule has 0 aromatic heterocycles. The lowest BCUT2D eigenvalue weighted by Gasteiger charge is -2.24. The number of phenolic OH excluding ortho intramolecular Hbond substituents is 1. The Morgan fingerprint density at radius 3 is 2.21 bits per heavy atom. The van der Waals surface area contributed by atoms with E-state index in [9.17, 15) is 5.11 Å². The van der Waals surface area contributed by atoms with Gasteiger partial charge in [0, 0.05) is 13.0 Å². The van der Waals surface area contributed by atoms with E-state index in [-0.39, 0.29) is 5.41 Å². The number of aromatic hydroxyl groups is 1. The van der Waals surface area contributed by atoms with Crippen molar-refractivity contribution >= 4 is 16.2 Å². The fourth-order valence-electron chi connectivity index (χ4n) is 2.59. The van der Waals surface area contributed by atoms with E-state index >= 15 is 0 Å². The van der Waals surface area contributed by atoms with Crippen LogP contribution in [0.3, 0.4) is 0 Å². The summed E-state index contributed by atoms with van der Waals surface area (Å²) in [6, 6.07) is 2.12. The molecule has 0 fully saturated rings. The second-order valence-electron chi connectivity index (χ2n) is 6.82. The first-order valence-corrected chi connectivity index (χ1v) is 9.00. The first-order chi connectivity index (χ1) is 10.8. The summed E-state index contributed by atoms with van der Waals surface area (Å²) in [4.78, 5) is 4.44.